The molecular formula is C17H22F2N2O2. The normalized spacial score (nSPS) is 31.5. The molecule has 4 nitrogen and oxygen atoms in total. The van der Waals surface area contributed by atoms with Gasteiger partial charge in [-0.3, -0.25) is 9.69 Å². The molecule has 0 bridgehead atoms. The maximum Gasteiger partial charge on any atom is 0.249 e. The lowest BCUT2D eigenvalue weighted by Gasteiger charge is -2.27. The highest BCUT2D eigenvalue weighted by molar-refractivity contribution is 5.81. The Morgan fingerprint density at radius 2 is 2.04 bits per heavy atom. The van der Waals surface area contributed by atoms with Gasteiger partial charge in [-0.1, -0.05) is 6.07 Å². The summed E-state index contributed by atoms with van der Waals surface area (Å²) in [6.45, 7) is 2.75. The van der Waals surface area contributed by atoms with Gasteiger partial charge in [0.15, 0.2) is 11.6 Å². The van der Waals surface area contributed by atoms with Gasteiger partial charge >= 0.3 is 0 Å². The molecule has 2 fully saturated rings. The lowest BCUT2D eigenvalue weighted by atomic mass is 9.99. The van der Waals surface area contributed by atoms with Crippen molar-refractivity contribution in [3.05, 3.63) is 35.4 Å². The Morgan fingerprint density at radius 3 is 2.70 bits per heavy atom. The van der Waals surface area contributed by atoms with Crippen molar-refractivity contribution in [1.82, 2.24) is 10.2 Å². The summed E-state index contributed by atoms with van der Waals surface area (Å²) in [5, 5.41) is 3.03. The molecule has 0 aromatic heterocycles. The number of nitrogens with one attached hydrogen (secondary N) is 1. The SMILES string of the molecule is CC1CCC(C(=O)NC2CCN(C)C2c2ccc(F)c(F)c2)O1. The van der Waals surface area contributed by atoms with Crippen molar-refractivity contribution in [1.29, 1.82) is 0 Å². The second-order valence-electron chi connectivity index (χ2n) is 6.52. The minimum Gasteiger partial charge on any atom is -0.365 e. The van der Waals surface area contributed by atoms with Crippen LogP contribution < -0.4 is 5.32 Å². The molecule has 1 amide bonds. The van der Waals surface area contributed by atoms with Crippen molar-refractivity contribution in [2.75, 3.05) is 13.6 Å². The Labute approximate surface area is 134 Å². The minimum absolute atomic E-state index is 0.109. The predicted octanol–water partition coefficient (Wildman–Crippen LogP) is 2.39. The fourth-order valence-corrected chi connectivity index (χ4v) is 3.55. The van der Waals surface area contributed by atoms with Crippen LogP contribution in [-0.4, -0.2) is 42.6 Å². The molecule has 3 rings (SSSR count). The van der Waals surface area contributed by atoms with E-state index in [0.717, 1.165) is 31.9 Å². The third-order valence-electron chi connectivity index (χ3n) is 4.79. The summed E-state index contributed by atoms with van der Waals surface area (Å²) in [5.41, 5.74) is 0.676. The number of benzene rings is 1. The van der Waals surface area contributed by atoms with Gasteiger partial charge in [-0.15, -0.1) is 0 Å². The number of rotatable bonds is 3. The molecule has 6 heteroatoms. The summed E-state index contributed by atoms with van der Waals surface area (Å²) in [6.07, 6.45) is 2.09. The summed E-state index contributed by atoms with van der Waals surface area (Å²) in [4.78, 5) is 14.4. The molecule has 0 aliphatic carbocycles. The Bertz CT molecular complexity index is 596. The van der Waals surface area contributed by atoms with Gasteiger partial charge in [0.2, 0.25) is 5.91 Å². The molecule has 0 spiro atoms. The van der Waals surface area contributed by atoms with Crippen LogP contribution in [0.3, 0.4) is 0 Å². The molecule has 4 atom stereocenters. The van der Waals surface area contributed by atoms with E-state index in [1.807, 2.05) is 14.0 Å². The Kier molecular flexibility index (Phi) is 4.64. The summed E-state index contributed by atoms with van der Waals surface area (Å²) in [7, 11) is 1.92. The maximum absolute atomic E-state index is 13.5. The molecule has 1 aromatic carbocycles. The number of halogens is 2. The van der Waals surface area contributed by atoms with E-state index in [-0.39, 0.29) is 24.1 Å². The number of ether oxygens (including phenoxy) is 1. The van der Waals surface area contributed by atoms with Crippen molar-refractivity contribution in [3.8, 4) is 0 Å². The van der Waals surface area contributed by atoms with Gasteiger partial charge in [0.1, 0.15) is 6.10 Å². The van der Waals surface area contributed by atoms with Gasteiger partial charge in [0.25, 0.3) is 0 Å². The van der Waals surface area contributed by atoms with Crippen molar-refractivity contribution in [3.63, 3.8) is 0 Å². The van der Waals surface area contributed by atoms with Gasteiger partial charge in [0.05, 0.1) is 12.1 Å². The van der Waals surface area contributed by atoms with E-state index in [1.54, 1.807) is 6.07 Å². The van der Waals surface area contributed by atoms with Crippen LogP contribution in [0.5, 0.6) is 0 Å². The van der Waals surface area contributed by atoms with E-state index < -0.39 is 17.7 Å². The summed E-state index contributed by atoms with van der Waals surface area (Å²) in [5.74, 6) is -1.83. The van der Waals surface area contributed by atoms with E-state index in [9.17, 15) is 13.6 Å². The molecule has 4 unspecified atom stereocenters. The maximum atomic E-state index is 13.5. The molecule has 126 valence electrons. The largest absolute Gasteiger partial charge is 0.365 e. The van der Waals surface area contributed by atoms with Gasteiger partial charge in [-0.25, -0.2) is 8.78 Å². The number of hydrogen-bond donors (Lipinski definition) is 1. The predicted molar refractivity (Wildman–Crippen MR) is 81.8 cm³/mol. The van der Waals surface area contributed by atoms with Crippen molar-refractivity contribution in [2.45, 2.75) is 50.5 Å². The molecule has 1 aromatic rings. The molecule has 23 heavy (non-hydrogen) atoms. The highest BCUT2D eigenvalue weighted by Crippen LogP contribution is 2.32. The quantitative estimate of drug-likeness (QED) is 0.928. The lowest BCUT2D eigenvalue weighted by Crippen LogP contribution is -2.44. The molecule has 1 N–H and O–H groups in total. The monoisotopic (exact) mass is 324 g/mol. The van der Waals surface area contributed by atoms with Gasteiger partial charge in [-0.05, 0) is 50.9 Å². The fraction of sp³-hybridized carbons (Fsp3) is 0.588. The Morgan fingerprint density at radius 1 is 1.26 bits per heavy atom. The number of nitrogens with zero attached hydrogens (tertiary/aromatic N) is 1. The molecule has 0 saturated carbocycles. The molecule has 0 radical (unpaired) electrons. The third kappa shape index (κ3) is 3.38. The summed E-state index contributed by atoms with van der Waals surface area (Å²) >= 11 is 0. The van der Waals surface area contributed by atoms with Crippen LogP contribution in [-0.2, 0) is 9.53 Å². The van der Waals surface area contributed by atoms with Crippen LogP contribution >= 0.6 is 0 Å². The smallest absolute Gasteiger partial charge is 0.249 e. The van der Waals surface area contributed by atoms with Crippen molar-refractivity contribution in [2.24, 2.45) is 0 Å². The number of likely N-dealkylation sites (N-methyl/N-ethyl adjacent to an activating group) is 1. The zero-order valence-electron chi connectivity index (χ0n) is 13.4. The first kappa shape index (κ1) is 16.3. The molecule has 2 heterocycles. The average Bonchev–Trinajstić information content (AvgIpc) is 3.09. The minimum atomic E-state index is -0.860. The lowest BCUT2D eigenvalue weighted by molar-refractivity contribution is -0.132. The fourth-order valence-electron chi connectivity index (χ4n) is 3.55. The second kappa shape index (κ2) is 6.53. The van der Waals surface area contributed by atoms with E-state index >= 15 is 0 Å². The Hall–Kier alpha value is -1.53. The van der Waals surface area contributed by atoms with Crippen LogP contribution in [0.2, 0.25) is 0 Å². The Balaban J connectivity index is 1.73. The van der Waals surface area contributed by atoms with Gasteiger partial charge < -0.3 is 10.1 Å². The van der Waals surface area contributed by atoms with E-state index in [4.69, 9.17) is 4.74 Å². The van der Waals surface area contributed by atoms with Crippen LogP contribution in [0.4, 0.5) is 8.78 Å². The standard InChI is InChI=1S/C17H22F2N2O2/c1-10-3-6-15(23-10)17(22)20-14-7-8-21(2)16(14)11-4-5-12(18)13(19)9-11/h4-5,9-10,14-16H,3,6-8H2,1-2H3,(H,20,22). The number of carbonyl (C=O) groups is 1. The van der Waals surface area contributed by atoms with Crippen molar-refractivity contribution >= 4 is 5.91 Å². The first-order valence-corrected chi connectivity index (χ1v) is 8.06. The van der Waals surface area contributed by atoms with E-state index in [2.05, 4.69) is 10.2 Å². The molecule has 2 aliphatic heterocycles. The first-order chi connectivity index (χ1) is 11.0. The second-order valence-corrected chi connectivity index (χ2v) is 6.52. The number of carbonyl (C=O) groups excluding carboxylic acids is 1. The number of likely N-dealkylation sites (tertiary alicyclic amines) is 1. The van der Waals surface area contributed by atoms with Crippen LogP contribution in [0.1, 0.15) is 37.8 Å². The highest BCUT2D eigenvalue weighted by Gasteiger charge is 2.37. The van der Waals surface area contributed by atoms with Crippen LogP contribution in [0.15, 0.2) is 18.2 Å². The molecule has 2 saturated heterocycles. The van der Waals surface area contributed by atoms with Crippen LogP contribution in [0.25, 0.3) is 0 Å². The van der Waals surface area contributed by atoms with E-state index in [0.29, 0.717) is 5.56 Å². The number of hydrogen-bond acceptors (Lipinski definition) is 3. The van der Waals surface area contributed by atoms with Crippen LogP contribution in [0, 0.1) is 11.6 Å². The first-order valence-electron chi connectivity index (χ1n) is 8.06. The summed E-state index contributed by atoms with van der Waals surface area (Å²) in [6, 6.07) is 3.65. The van der Waals surface area contributed by atoms with Crippen molar-refractivity contribution < 1.29 is 18.3 Å². The van der Waals surface area contributed by atoms with E-state index in [1.165, 1.54) is 6.07 Å². The number of amides is 1. The zero-order valence-corrected chi connectivity index (χ0v) is 13.4. The zero-order chi connectivity index (χ0) is 16.6. The highest BCUT2D eigenvalue weighted by atomic mass is 19.2. The van der Waals surface area contributed by atoms with Gasteiger partial charge in [0, 0.05) is 12.6 Å². The molecule has 2 aliphatic rings. The summed E-state index contributed by atoms with van der Waals surface area (Å²) < 4.78 is 32.3. The third-order valence-corrected chi connectivity index (χ3v) is 4.79. The average molecular weight is 324 g/mol. The van der Waals surface area contributed by atoms with Gasteiger partial charge in [-0.2, -0.15) is 0 Å². The topological polar surface area (TPSA) is 41.6 Å². The molecular weight excluding hydrogens is 302 g/mol.